The monoisotopic (exact) mass is 391 g/mol. The molecule has 3 N–H and O–H groups in total. The van der Waals surface area contributed by atoms with Gasteiger partial charge in [-0.3, -0.25) is 4.99 Å². The molecule has 0 unspecified atom stereocenters. The first-order chi connectivity index (χ1) is 12.9. The number of ether oxygens (including phenoxy) is 1. The Morgan fingerprint density at radius 1 is 1.04 bits per heavy atom. The van der Waals surface area contributed by atoms with E-state index < -0.39 is 17.2 Å². The highest BCUT2D eigenvalue weighted by molar-refractivity contribution is 5.79. The zero-order valence-corrected chi connectivity index (χ0v) is 18.6. The second-order valence-corrected chi connectivity index (χ2v) is 8.84. The predicted octanol–water partition coefficient (Wildman–Crippen LogP) is 2.72. The van der Waals surface area contributed by atoms with Gasteiger partial charge in [-0.2, -0.15) is 0 Å². The third kappa shape index (κ3) is 10.2. The van der Waals surface area contributed by atoms with Crippen LogP contribution < -0.4 is 16.0 Å². The van der Waals surface area contributed by atoms with Gasteiger partial charge in [-0.25, -0.2) is 4.79 Å². The minimum absolute atomic E-state index is 0.430. The fraction of sp³-hybridized carbons (Fsp3) is 0.619. The summed E-state index contributed by atoms with van der Waals surface area (Å²) in [4.78, 5) is 18.4. The fourth-order valence-corrected chi connectivity index (χ4v) is 2.46. The number of nitrogens with one attached hydrogen (secondary N) is 3. The standard InChI is InChI=1S/C21H37N5O2/c1-20(2,3)28-19(27)25-21(4,5)15-24-18(22-6)23-13-16-9-11-17(12-10-16)14-26(7)8/h9-12H,13-15H2,1-8H3,(H,25,27)(H2,22,23,24). The summed E-state index contributed by atoms with van der Waals surface area (Å²) in [5.74, 6) is 0.677. The van der Waals surface area contributed by atoms with Gasteiger partial charge >= 0.3 is 6.09 Å². The van der Waals surface area contributed by atoms with Gasteiger partial charge in [0, 0.05) is 26.7 Å². The Kier molecular flexibility index (Phi) is 8.75. The van der Waals surface area contributed by atoms with Crippen molar-refractivity contribution in [1.29, 1.82) is 0 Å². The lowest BCUT2D eigenvalue weighted by molar-refractivity contribution is 0.0474. The Hall–Kier alpha value is -2.28. The fourth-order valence-electron chi connectivity index (χ4n) is 2.46. The minimum atomic E-state index is -0.521. The first-order valence-corrected chi connectivity index (χ1v) is 9.58. The van der Waals surface area contributed by atoms with Gasteiger partial charge in [0.25, 0.3) is 0 Å². The van der Waals surface area contributed by atoms with Crippen molar-refractivity contribution in [2.45, 2.75) is 58.8 Å². The summed E-state index contributed by atoms with van der Waals surface area (Å²) in [5.41, 5.74) is 1.45. The van der Waals surface area contributed by atoms with Crippen molar-refractivity contribution in [2.24, 2.45) is 4.99 Å². The molecule has 0 saturated carbocycles. The number of carbonyl (C=O) groups is 1. The molecular formula is C21H37N5O2. The molecule has 0 bridgehead atoms. The second-order valence-electron chi connectivity index (χ2n) is 8.84. The second kappa shape index (κ2) is 10.3. The van der Waals surface area contributed by atoms with E-state index >= 15 is 0 Å². The molecule has 0 heterocycles. The van der Waals surface area contributed by atoms with Crippen molar-refractivity contribution >= 4 is 12.1 Å². The average molecular weight is 392 g/mol. The molecule has 0 saturated heterocycles. The van der Waals surface area contributed by atoms with Crippen LogP contribution in [-0.4, -0.2) is 55.8 Å². The average Bonchev–Trinajstić information content (AvgIpc) is 2.53. The number of alkyl carbamates (subject to hydrolysis) is 1. The summed E-state index contributed by atoms with van der Waals surface area (Å²) in [5, 5.41) is 9.42. The quantitative estimate of drug-likeness (QED) is 0.492. The number of carbonyl (C=O) groups excluding carboxylic acids is 1. The Bertz CT molecular complexity index is 646. The van der Waals surface area contributed by atoms with Gasteiger partial charge in [0.05, 0.1) is 5.54 Å². The van der Waals surface area contributed by atoms with Gasteiger partial charge in [0.15, 0.2) is 5.96 Å². The Morgan fingerprint density at radius 3 is 2.11 bits per heavy atom. The molecule has 0 fully saturated rings. The number of rotatable bonds is 7. The van der Waals surface area contributed by atoms with Gasteiger partial charge in [-0.1, -0.05) is 24.3 Å². The van der Waals surface area contributed by atoms with E-state index in [0.29, 0.717) is 19.0 Å². The van der Waals surface area contributed by atoms with Crippen LogP contribution in [0, 0.1) is 0 Å². The van der Waals surface area contributed by atoms with E-state index in [1.165, 1.54) is 11.1 Å². The summed E-state index contributed by atoms with van der Waals surface area (Å²) in [7, 11) is 5.85. The molecule has 0 atom stereocenters. The molecule has 0 radical (unpaired) electrons. The van der Waals surface area contributed by atoms with Crippen LogP contribution in [0.1, 0.15) is 45.7 Å². The van der Waals surface area contributed by atoms with E-state index in [4.69, 9.17) is 4.74 Å². The number of nitrogens with zero attached hydrogens (tertiary/aromatic N) is 2. The zero-order chi connectivity index (χ0) is 21.4. The smallest absolute Gasteiger partial charge is 0.408 e. The molecule has 158 valence electrons. The molecule has 0 aliphatic heterocycles. The van der Waals surface area contributed by atoms with Crippen LogP contribution in [0.5, 0.6) is 0 Å². The summed E-state index contributed by atoms with van der Waals surface area (Å²) in [6.45, 7) is 11.5. The van der Waals surface area contributed by atoms with Crippen LogP contribution >= 0.6 is 0 Å². The minimum Gasteiger partial charge on any atom is -0.444 e. The molecular weight excluding hydrogens is 354 g/mol. The van der Waals surface area contributed by atoms with E-state index in [9.17, 15) is 4.79 Å². The van der Waals surface area contributed by atoms with Crippen molar-refractivity contribution in [3.05, 3.63) is 35.4 Å². The lowest BCUT2D eigenvalue weighted by Crippen LogP contribution is -2.54. The normalized spacial score (nSPS) is 12.7. The molecule has 28 heavy (non-hydrogen) atoms. The van der Waals surface area contributed by atoms with Crippen LogP contribution in [0.2, 0.25) is 0 Å². The van der Waals surface area contributed by atoms with Crippen LogP contribution in [-0.2, 0) is 17.8 Å². The Labute approximate surface area is 169 Å². The van der Waals surface area contributed by atoms with Crippen LogP contribution in [0.3, 0.4) is 0 Å². The molecule has 1 rings (SSSR count). The molecule has 0 aliphatic carbocycles. The van der Waals surface area contributed by atoms with E-state index in [1.807, 2.05) is 34.6 Å². The molecule has 0 aliphatic rings. The molecule has 7 nitrogen and oxygen atoms in total. The summed E-state index contributed by atoms with van der Waals surface area (Å²) in [6, 6.07) is 8.52. The zero-order valence-electron chi connectivity index (χ0n) is 18.6. The number of guanidine groups is 1. The van der Waals surface area contributed by atoms with E-state index in [-0.39, 0.29) is 0 Å². The van der Waals surface area contributed by atoms with E-state index in [0.717, 1.165) is 6.54 Å². The van der Waals surface area contributed by atoms with E-state index in [1.54, 1.807) is 7.05 Å². The predicted molar refractivity (Wildman–Crippen MR) is 115 cm³/mol. The van der Waals surface area contributed by atoms with Crippen LogP contribution in [0.4, 0.5) is 4.79 Å². The number of hydrogen-bond acceptors (Lipinski definition) is 4. The van der Waals surface area contributed by atoms with Crippen molar-refractivity contribution < 1.29 is 9.53 Å². The van der Waals surface area contributed by atoms with Gasteiger partial charge in [-0.05, 0) is 59.8 Å². The van der Waals surface area contributed by atoms with Crippen LogP contribution in [0.15, 0.2) is 29.3 Å². The van der Waals surface area contributed by atoms with Gasteiger partial charge in [0.2, 0.25) is 0 Å². The van der Waals surface area contributed by atoms with Crippen molar-refractivity contribution in [1.82, 2.24) is 20.9 Å². The Morgan fingerprint density at radius 2 is 1.61 bits per heavy atom. The SMILES string of the molecule is CN=C(NCc1ccc(CN(C)C)cc1)NCC(C)(C)NC(=O)OC(C)(C)C. The number of hydrogen-bond donors (Lipinski definition) is 3. The Balaban J connectivity index is 2.48. The van der Waals surface area contributed by atoms with Gasteiger partial charge in [-0.15, -0.1) is 0 Å². The van der Waals surface area contributed by atoms with Crippen LogP contribution in [0.25, 0.3) is 0 Å². The summed E-state index contributed by atoms with van der Waals surface area (Å²) in [6.07, 6.45) is -0.430. The lowest BCUT2D eigenvalue weighted by Gasteiger charge is -2.29. The third-order valence-electron chi connectivity index (χ3n) is 3.74. The molecule has 7 heteroatoms. The highest BCUT2D eigenvalue weighted by atomic mass is 16.6. The molecule has 1 aromatic carbocycles. The maximum Gasteiger partial charge on any atom is 0.408 e. The largest absolute Gasteiger partial charge is 0.444 e. The maximum absolute atomic E-state index is 12.0. The third-order valence-corrected chi connectivity index (χ3v) is 3.74. The van der Waals surface area contributed by atoms with Crippen molar-refractivity contribution in [3.8, 4) is 0 Å². The highest BCUT2D eigenvalue weighted by Crippen LogP contribution is 2.09. The number of amides is 1. The summed E-state index contributed by atoms with van der Waals surface area (Å²) < 4.78 is 5.32. The highest BCUT2D eigenvalue weighted by Gasteiger charge is 2.24. The first kappa shape index (κ1) is 23.8. The topological polar surface area (TPSA) is 78.0 Å². The number of benzene rings is 1. The molecule has 1 aromatic rings. The molecule has 1 amide bonds. The molecule has 0 aromatic heterocycles. The maximum atomic E-state index is 12.0. The first-order valence-electron chi connectivity index (χ1n) is 9.58. The van der Waals surface area contributed by atoms with Gasteiger partial charge < -0.3 is 25.6 Å². The van der Waals surface area contributed by atoms with Gasteiger partial charge in [0.1, 0.15) is 5.60 Å². The summed E-state index contributed by atoms with van der Waals surface area (Å²) >= 11 is 0. The van der Waals surface area contributed by atoms with Crippen molar-refractivity contribution in [2.75, 3.05) is 27.7 Å². The van der Waals surface area contributed by atoms with Crippen molar-refractivity contribution in [3.63, 3.8) is 0 Å². The number of aliphatic imine (C=N–C) groups is 1. The van der Waals surface area contributed by atoms with E-state index in [2.05, 4.69) is 64.2 Å². The molecule has 0 spiro atoms. The lowest BCUT2D eigenvalue weighted by atomic mass is 10.1.